The molecule has 17 heavy (non-hydrogen) atoms. The molecule has 2 rings (SSSR count). The van der Waals surface area contributed by atoms with Gasteiger partial charge in [0.15, 0.2) is 0 Å². The first-order valence-electron chi connectivity index (χ1n) is 6.73. The van der Waals surface area contributed by atoms with Gasteiger partial charge >= 0.3 is 0 Å². The number of nitrogens with zero attached hydrogens (tertiary/aromatic N) is 2. The molecule has 2 heterocycles. The monoisotopic (exact) mass is 233 g/mol. The zero-order valence-electron chi connectivity index (χ0n) is 10.7. The number of nitrogens with two attached hydrogens (primary N) is 1. The summed E-state index contributed by atoms with van der Waals surface area (Å²) >= 11 is 0. The van der Waals surface area contributed by atoms with Gasteiger partial charge in [-0.1, -0.05) is 19.4 Å². The van der Waals surface area contributed by atoms with E-state index < -0.39 is 0 Å². The van der Waals surface area contributed by atoms with Gasteiger partial charge in [-0.25, -0.2) is 0 Å². The number of aromatic nitrogens is 1. The fourth-order valence-electron chi connectivity index (χ4n) is 2.87. The Bertz CT molecular complexity index is 325. The van der Waals surface area contributed by atoms with E-state index in [1.54, 1.807) is 0 Å². The molecule has 0 radical (unpaired) electrons. The molecule has 1 aliphatic rings. The zero-order valence-corrected chi connectivity index (χ0v) is 10.7. The minimum Gasteiger partial charge on any atom is -0.329 e. The van der Waals surface area contributed by atoms with E-state index in [9.17, 15) is 0 Å². The number of piperidine rings is 1. The third kappa shape index (κ3) is 2.85. The molecule has 3 heteroatoms. The molecule has 2 N–H and O–H groups in total. The summed E-state index contributed by atoms with van der Waals surface area (Å²) in [6.45, 7) is 4.10. The third-order valence-corrected chi connectivity index (χ3v) is 3.80. The molecule has 3 nitrogen and oxygen atoms in total. The molecule has 94 valence electrons. The van der Waals surface area contributed by atoms with Crippen LogP contribution in [-0.4, -0.2) is 29.0 Å². The van der Waals surface area contributed by atoms with Crippen LogP contribution in [0.3, 0.4) is 0 Å². The summed E-state index contributed by atoms with van der Waals surface area (Å²) in [5.41, 5.74) is 7.09. The lowest BCUT2D eigenvalue weighted by molar-refractivity contribution is 0.0928. The van der Waals surface area contributed by atoms with Gasteiger partial charge in [0, 0.05) is 18.8 Å². The predicted octanol–water partition coefficient (Wildman–Crippen LogP) is 2.35. The molecular weight excluding hydrogens is 210 g/mol. The lowest BCUT2D eigenvalue weighted by Crippen LogP contribution is -2.44. The lowest BCUT2D eigenvalue weighted by Gasteiger charge is -2.40. The molecule has 0 bridgehead atoms. The van der Waals surface area contributed by atoms with Crippen molar-refractivity contribution in [3.8, 4) is 0 Å². The molecule has 2 atom stereocenters. The normalized spacial score (nSPS) is 23.5. The van der Waals surface area contributed by atoms with Gasteiger partial charge in [0.1, 0.15) is 0 Å². The number of likely N-dealkylation sites (tertiary alicyclic amines) is 1. The van der Waals surface area contributed by atoms with Crippen LogP contribution < -0.4 is 5.73 Å². The number of hydrogen-bond donors (Lipinski definition) is 1. The molecule has 0 spiro atoms. The van der Waals surface area contributed by atoms with Crippen molar-refractivity contribution in [1.82, 2.24) is 9.88 Å². The van der Waals surface area contributed by atoms with Crippen LogP contribution in [0.25, 0.3) is 0 Å². The smallest absolute Gasteiger partial charge is 0.0646 e. The summed E-state index contributed by atoms with van der Waals surface area (Å²) in [6.07, 6.45) is 7.03. The van der Waals surface area contributed by atoms with Crippen LogP contribution in [0.5, 0.6) is 0 Å². The first-order valence-corrected chi connectivity index (χ1v) is 6.73. The highest BCUT2D eigenvalue weighted by Crippen LogP contribution is 2.28. The Morgan fingerprint density at radius 3 is 3.00 bits per heavy atom. The van der Waals surface area contributed by atoms with E-state index in [-0.39, 0.29) is 0 Å². The van der Waals surface area contributed by atoms with Gasteiger partial charge in [0.2, 0.25) is 0 Å². The Balaban J connectivity index is 2.16. The fraction of sp³-hybridized carbons (Fsp3) is 0.643. The van der Waals surface area contributed by atoms with Gasteiger partial charge in [-0.2, -0.15) is 0 Å². The van der Waals surface area contributed by atoms with Crippen molar-refractivity contribution in [2.45, 2.75) is 44.7 Å². The quantitative estimate of drug-likeness (QED) is 0.868. The van der Waals surface area contributed by atoms with Crippen molar-refractivity contribution in [3.05, 3.63) is 30.1 Å². The summed E-state index contributed by atoms with van der Waals surface area (Å²) in [7, 11) is 0. The van der Waals surface area contributed by atoms with E-state index >= 15 is 0 Å². The topological polar surface area (TPSA) is 42.1 Å². The Hall–Kier alpha value is -0.930. The maximum absolute atomic E-state index is 5.97. The summed E-state index contributed by atoms with van der Waals surface area (Å²) in [4.78, 5) is 7.03. The minimum absolute atomic E-state index is 0.293. The minimum atomic E-state index is 0.293. The molecule has 0 aliphatic carbocycles. The molecule has 2 unspecified atom stereocenters. The van der Waals surface area contributed by atoms with E-state index in [2.05, 4.69) is 28.9 Å². The maximum atomic E-state index is 5.97. The van der Waals surface area contributed by atoms with Crippen molar-refractivity contribution in [1.29, 1.82) is 0 Å². The van der Waals surface area contributed by atoms with Crippen LogP contribution in [0, 0.1) is 0 Å². The third-order valence-electron chi connectivity index (χ3n) is 3.80. The van der Waals surface area contributed by atoms with Crippen molar-refractivity contribution in [3.63, 3.8) is 0 Å². The van der Waals surface area contributed by atoms with E-state index in [1.807, 2.05) is 12.3 Å². The Kier molecular flexibility index (Phi) is 4.51. The average Bonchev–Trinajstić information content (AvgIpc) is 2.41. The highest BCUT2D eigenvalue weighted by Gasteiger charge is 2.28. The van der Waals surface area contributed by atoms with Crippen LogP contribution in [0.2, 0.25) is 0 Å². The Morgan fingerprint density at radius 1 is 1.47 bits per heavy atom. The molecular formula is C14H23N3. The first kappa shape index (κ1) is 12.5. The number of rotatable bonds is 4. The highest BCUT2D eigenvalue weighted by molar-refractivity contribution is 5.10. The summed E-state index contributed by atoms with van der Waals surface area (Å²) in [6, 6.07) is 7.08. The van der Waals surface area contributed by atoms with Gasteiger partial charge in [-0.3, -0.25) is 9.88 Å². The molecule has 0 saturated carbocycles. The van der Waals surface area contributed by atoms with Crippen molar-refractivity contribution in [2.75, 3.05) is 13.1 Å². The molecule has 1 saturated heterocycles. The SMILES string of the molecule is CCC1CCCCN1C(CN)c1ccccn1. The molecule has 1 aliphatic heterocycles. The van der Waals surface area contributed by atoms with E-state index in [4.69, 9.17) is 5.73 Å². The van der Waals surface area contributed by atoms with Crippen LogP contribution in [0.15, 0.2) is 24.4 Å². The summed E-state index contributed by atoms with van der Waals surface area (Å²) in [5.74, 6) is 0. The Morgan fingerprint density at radius 2 is 2.35 bits per heavy atom. The van der Waals surface area contributed by atoms with E-state index in [0.29, 0.717) is 18.6 Å². The largest absolute Gasteiger partial charge is 0.329 e. The second-order valence-corrected chi connectivity index (χ2v) is 4.80. The van der Waals surface area contributed by atoms with E-state index in [1.165, 1.54) is 25.7 Å². The summed E-state index contributed by atoms with van der Waals surface area (Å²) in [5, 5.41) is 0. The molecule has 0 aromatic carbocycles. The van der Waals surface area contributed by atoms with Gasteiger partial charge in [-0.05, 0) is 37.9 Å². The van der Waals surface area contributed by atoms with Crippen LogP contribution in [0.1, 0.15) is 44.3 Å². The van der Waals surface area contributed by atoms with Gasteiger partial charge in [0.05, 0.1) is 11.7 Å². The number of hydrogen-bond acceptors (Lipinski definition) is 3. The Labute approximate surface area is 104 Å². The fourth-order valence-corrected chi connectivity index (χ4v) is 2.87. The lowest BCUT2D eigenvalue weighted by atomic mass is 9.96. The molecule has 1 aromatic heterocycles. The van der Waals surface area contributed by atoms with Gasteiger partial charge in [-0.15, -0.1) is 0 Å². The van der Waals surface area contributed by atoms with Crippen LogP contribution >= 0.6 is 0 Å². The molecule has 1 fully saturated rings. The van der Waals surface area contributed by atoms with Crippen molar-refractivity contribution >= 4 is 0 Å². The summed E-state index contributed by atoms with van der Waals surface area (Å²) < 4.78 is 0. The first-order chi connectivity index (χ1) is 8.36. The standard InChI is InChI=1S/C14H23N3/c1-2-12-7-4-6-10-17(12)14(11-15)13-8-3-5-9-16-13/h3,5,8-9,12,14H,2,4,6-7,10-11,15H2,1H3. The highest BCUT2D eigenvalue weighted by atomic mass is 15.2. The van der Waals surface area contributed by atoms with E-state index in [0.717, 1.165) is 12.2 Å². The molecule has 1 aromatic rings. The van der Waals surface area contributed by atoms with Crippen LogP contribution in [0.4, 0.5) is 0 Å². The second kappa shape index (κ2) is 6.12. The van der Waals surface area contributed by atoms with Crippen LogP contribution in [-0.2, 0) is 0 Å². The number of pyridine rings is 1. The second-order valence-electron chi connectivity index (χ2n) is 4.80. The maximum Gasteiger partial charge on any atom is 0.0646 e. The van der Waals surface area contributed by atoms with Gasteiger partial charge in [0.25, 0.3) is 0 Å². The zero-order chi connectivity index (χ0) is 12.1. The van der Waals surface area contributed by atoms with Crippen molar-refractivity contribution in [2.24, 2.45) is 5.73 Å². The predicted molar refractivity (Wildman–Crippen MR) is 70.7 cm³/mol. The van der Waals surface area contributed by atoms with Gasteiger partial charge < -0.3 is 5.73 Å². The average molecular weight is 233 g/mol. The molecule has 0 amide bonds. The van der Waals surface area contributed by atoms with Crippen molar-refractivity contribution < 1.29 is 0 Å².